The van der Waals surface area contributed by atoms with Crippen molar-refractivity contribution in [2.24, 2.45) is 0 Å². The highest BCUT2D eigenvalue weighted by Crippen LogP contribution is 2.24. The minimum atomic E-state index is -0.326. The molecule has 51 heavy (non-hydrogen) atoms. The summed E-state index contributed by atoms with van der Waals surface area (Å²) in [5, 5.41) is 8.65. The average Bonchev–Trinajstić information content (AvgIpc) is 3.11. The molecule has 0 fully saturated rings. The van der Waals surface area contributed by atoms with Crippen molar-refractivity contribution in [3.05, 3.63) is 109 Å². The van der Waals surface area contributed by atoms with E-state index in [9.17, 15) is 19.2 Å². The maximum absolute atomic E-state index is 12.4. The number of carbonyl (C=O) groups excluding carboxylic acids is 4. The first kappa shape index (κ1) is 37.9. The molecule has 13 nitrogen and oxygen atoms in total. The van der Waals surface area contributed by atoms with Crippen molar-refractivity contribution in [2.45, 2.75) is 6.54 Å². The van der Waals surface area contributed by atoms with E-state index in [1.54, 1.807) is 66.8 Å². The summed E-state index contributed by atoms with van der Waals surface area (Å²) in [4.78, 5) is 64.6. The monoisotopic (exact) mass is 691 g/mol. The topological polar surface area (TPSA) is 143 Å². The molecule has 0 bridgehead atoms. The Labute approximate surface area is 299 Å². The molecule has 266 valence electrons. The highest BCUT2D eigenvalue weighted by atomic mass is 16.2. The summed E-state index contributed by atoms with van der Waals surface area (Å²) in [7, 11) is 9.21. The fourth-order valence-electron chi connectivity index (χ4n) is 4.96. The number of benzene rings is 2. The summed E-state index contributed by atoms with van der Waals surface area (Å²) < 4.78 is 0. The van der Waals surface area contributed by atoms with Crippen LogP contribution in [-0.2, 0) is 20.9 Å². The summed E-state index contributed by atoms with van der Waals surface area (Å²) in [6.07, 6.45) is 8.98. The van der Waals surface area contributed by atoms with E-state index in [4.69, 9.17) is 0 Å². The SMILES string of the molecule is CN(C)C/C=C/C(=O)NCC(=O)Nc1cccc(CN(C)CCN(C=O)c2cncc(Nc3ccc(-c4ccc(C(=O)N(C)C)cc4)cn3)c2)c1. The molecule has 2 heterocycles. The van der Waals surface area contributed by atoms with Crippen molar-refractivity contribution in [1.29, 1.82) is 0 Å². The molecule has 0 saturated carbocycles. The van der Waals surface area contributed by atoms with E-state index >= 15 is 0 Å². The number of amides is 4. The van der Waals surface area contributed by atoms with Gasteiger partial charge in [-0.05, 0) is 74.7 Å². The van der Waals surface area contributed by atoms with Gasteiger partial charge in [0.15, 0.2) is 0 Å². The molecule has 0 atom stereocenters. The second-order valence-electron chi connectivity index (χ2n) is 12.4. The molecule has 4 aromatic rings. The Balaban J connectivity index is 1.27. The van der Waals surface area contributed by atoms with Crippen LogP contribution in [0.25, 0.3) is 11.1 Å². The molecule has 4 amide bonds. The standard InChI is InChI=1S/C38H45N9O4/c1-44(2)17-7-10-36(49)41-25-37(50)43-32-9-6-8-28(20-32)26-46(5)18-19-47(27-48)34-21-33(23-39-24-34)42-35-16-15-31(22-40-35)29-11-13-30(14-12-29)38(51)45(3)4/h6-16,20-24,27H,17-19,25-26H2,1-5H3,(H,40,42)(H,41,49)(H,43,50)/b10-7+. The van der Waals surface area contributed by atoms with Crippen molar-refractivity contribution in [3.8, 4) is 11.1 Å². The van der Waals surface area contributed by atoms with Gasteiger partial charge in [0.2, 0.25) is 18.2 Å². The number of carbonyl (C=O) groups is 4. The summed E-state index contributed by atoms with van der Waals surface area (Å²) in [6, 6.07) is 20.5. The molecule has 0 unspecified atom stereocenters. The molecule has 0 spiro atoms. The van der Waals surface area contributed by atoms with Gasteiger partial charge in [-0.2, -0.15) is 0 Å². The Bertz CT molecular complexity index is 1810. The second-order valence-corrected chi connectivity index (χ2v) is 12.4. The van der Waals surface area contributed by atoms with Crippen molar-refractivity contribution in [1.82, 2.24) is 30.0 Å². The van der Waals surface area contributed by atoms with E-state index in [-0.39, 0.29) is 24.3 Å². The lowest BCUT2D eigenvalue weighted by molar-refractivity contribution is -0.121. The van der Waals surface area contributed by atoms with Crippen LogP contribution < -0.4 is 20.9 Å². The number of nitrogens with one attached hydrogen (secondary N) is 3. The van der Waals surface area contributed by atoms with E-state index in [1.165, 1.54) is 6.08 Å². The van der Waals surface area contributed by atoms with E-state index in [2.05, 4.69) is 30.8 Å². The van der Waals surface area contributed by atoms with Crippen LogP contribution in [0.15, 0.2) is 97.5 Å². The first-order chi connectivity index (χ1) is 24.5. The quantitative estimate of drug-likeness (QED) is 0.111. The van der Waals surface area contributed by atoms with Crippen molar-refractivity contribution in [3.63, 3.8) is 0 Å². The lowest BCUT2D eigenvalue weighted by atomic mass is 10.1. The number of likely N-dealkylation sites (N-methyl/N-ethyl adjacent to an activating group) is 2. The number of aromatic nitrogens is 2. The molecule has 0 radical (unpaired) electrons. The maximum Gasteiger partial charge on any atom is 0.253 e. The van der Waals surface area contributed by atoms with Gasteiger partial charge >= 0.3 is 0 Å². The highest BCUT2D eigenvalue weighted by Gasteiger charge is 2.12. The van der Waals surface area contributed by atoms with Crippen LogP contribution in [0.5, 0.6) is 0 Å². The summed E-state index contributed by atoms with van der Waals surface area (Å²) >= 11 is 0. The van der Waals surface area contributed by atoms with Crippen LogP contribution >= 0.6 is 0 Å². The summed E-state index contributed by atoms with van der Waals surface area (Å²) in [6.45, 7) is 2.09. The third kappa shape index (κ3) is 12.2. The van der Waals surface area contributed by atoms with Crippen LogP contribution in [0, 0.1) is 0 Å². The molecule has 3 N–H and O–H groups in total. The number of anilines is 4. The summed E-state index contributed by atoms with van der Waals surface area (Å²) in [5.41, 5.74) is 5.40. The molecule has 0 saturated heterocycles. The van der Waals surface area contributed by atoms with Crippen LogP contribution in [-0.4, -0.2) is 110 Å². The van der Waals surface area contributed by atoms with Crippen LogP contribution in [0.1, 0.15) is 15.9 Å². The van der Waals surface area contributed by atoms with Crippen LogP contribution in [0.3, 0.4) is 0 Å². The largest absolute Gasteiger partial charge is 0.345 e. The number of rotatable bonds is 17. The van der Waals surface area contributed by atoms with E-state index < -0.39 is 0 Å². The van der Waals surface area contributed by atoms with Gasteiger partial charge in [-0.1, -0.05) is 30.3 Å². The predicted molar refractivity (Wildman–Crippen MR) is 201 cm³/mol. The highest BCUT2D eigenvalue weighted by molar-refractivity contribution is 5.96. The van der Waals surface area contributed by atoms with Gasteiger partial charge in [-0.25, -0.2) is 4.98 Å². The van der Waals surface area contributed by atoms with Gasteiger partial charge in [0.1, 0.15) is 5.82 Å². The van der Waals surface area contributed by atoms with E-state index in [0.717, 1.165) is 23.1 Å². The van der Waals surface area contributed by atoms with E-state index in [1.807, 2.05) is 74.6 Å². The fourth-order valence-corrected chi connectivity index (χ4v) is 4.96. The van der Waals surface area contributed by atoms with E-state index in [0.29, 0.717) is 54.6 Å². The van der Waals surface area contributed by atoms with Gasteiger partial charge in [0, 0.05) is 69.4 Å². The van der Waals surface area contributed by atoms with Crippen molar-refractivity contribution >= 4 is 47.0 Å². The molecular weight excluding hydrogens is 646 g/mol. The number of hydrogen-bond donors (Lipinski definition) is 3. The van der Waals surface area contributed by atoms with Crippen molar-refractivity contribution < 1.29 is 19.2 Å². The number of hydrogen-bond acceptors (Lipinski definition) is 9. The van der Waals surface area contributed by atoms with Crippen molar-refractivity contribution in [2.75, 3.05) is 77.0 Å². The van der Waals surface area contributed by atoms with Gasteiger partial charge < -0.3 is 35.6 Å². The third-order valence-electron chi connectivity index (χ3n) is 7.64. The van der Waals surface area contributed by atoms with Gasteiger partial charge in [-0.15, -0.1) is 0 Å². The average molecular weight is 692 g/mol. The van der Waals surface area contributed by atoms with Crippen LogP contribution in [0.4, 0.5) is 22.9 Å². The smallest absolute Gasteiger partial charge is 0.253 e. The lowest BCUT2D eigenvalue weighted by Crippen LogP contribution is -2.32. The first-order valence-electron chi connectivity index (χ1n) is 16.4. The Morgan fingerprint density at radius 3 is 2.27 bits per heavy atom. The fraction of sp³-hybridized carbons (Fsp3) is 0.263. The predicted octanol–water partition coefficient (Wildman–Crippen LogP) is 3.86. The number of pyridine rings is 2. The summed E-state index contributed by atoms with van der Waals surface area (Å²) in [5.74, 6) is -0.0840. The van der Waals surface area contributed by atoms with Gasteiger partial charge in [0.05, 0.1) is 30.3 Å². The normalized spacial score (nSPS) is 11.0. The zero-order valence-corrected chi connectivity index (χ0v) is 29.7. The Morgan fingerprint density at radius 1 is 0.824 bits per heavy atom. The van der Waals surface area contributed by atoms with Gasteiger partial charge in [0.25, 0.3) is 5.91 Å². The molecule has 2 aromatic carbocycles. The van der Waals surface area contributed by atoms with Gasteiger partial charge in [-0.3, -0.25) is 24.2 Å². The molecular formula is C38H45N9O4. The zero-order valence-electron chi connectivity index (χ0n) is 29.7. The molecule has 0 aliphatic rings. The third-order valence-corrected chi connectivity index (χ3v) is 7.64. The lowest BCUT2D eigenvalue weighted by Gasteiger charge is -2.23. The zero-order chi connectivity index (χ0) is 36.8. The Kier molecular flexibility index (Phi) is 13.9. The second kappa shape index (κ2) is 18.7. The molecule has 0 aliphatic heterocycles. The number of nitrogens with zero attached hydrogens (tertiary/aromatic N) is 6. The molecule has 2 aromatic heterocycles. The Hall–Kier alpha value is -5.92. The minimum Gasteiger partial charge on any atom is -0.345 e. The molecule has 0 aliphatic carbocycles. The van der Waals surface area contributed by atoms with Crippen LogP contribution in [0.2, 0.25) is 0 Å². The Morgan fingerprint density at radius 2 is 1.59 bits per heavy atom. The maximum atomic E-state index is 12.4. The molecule has 4 rings (SSSR count). The molecule has 13 heteroatoms. The minimum absolute atomic E-state index is 0.0505. The first-order valence-corrected chi connectivity index (χ1v) is 16.4.